The van der Waals surface area contributed by atoms with E-state index in [1.807, 2.05) is 0 Å². The lowest BCUT2D eigenvalue weighted by Gasteiger charge is -2.05. The van der Waals surface area contributed by atoms with Crippen molar-refractivity contribution in [1.29, 1.82) is 0 Å². The molecule has 15 heavy (non-hydrogen) atoms. The molecule has 0 aliphatic heterocycles. The smallest absolute Gasteiger partial charge is 0.234 e. The number of nitrogens with zero attached hydrogens (tertiary/aromatic N) is 2. The molecule has 0 unspecified atom stereocenters. The molecule has 5 nitrogen and oxygen atoms in total. The van der Waals surface area contributed by atoms with E-state index in [1.54, 1.807) is 0 Å². The van der Waals surface area contributed by atoms with Crippen LogP contribution in [0.25, 0.3) is 0 Å². The molecule has 1 fully saturated rings. The van der Waals surface area contributed by atoms with Crippen molar-refractivity contribution in [3.8, 4) is 0 Å². The van der Waals surface area contributed by atoms with Crippen molar-refractivity contribution in [3.05, 3.63) is 17.5 Å². The molecule has 0 bridgehead atoms. The summed E-state index contributed by atoms with van der Waals surface area (Å²) in [4.78, 5) is 7.43. The minimum absolute atomic E-state index is 0.161. The van der Waals surface area contributed by atoms with Crippen molar-refractivity contribution in [2.45, 2.75) is 12.8 Å². The Morgan fingerprint density at radius 3 is 2.80 bits per heavy atom. The fourth-order valence-electron chi connectivity index (χ4n) is 1.19. The zero-order valence-electron chi connectivity index (χ0n) is 7.85. The number of anilines is 1. The third-order valence-electron chi connectivity index (χ3n) is 2.05. The van der Waals surface area contributed by atoms with Gasteiger partial charge in [0.2, 0.25) is 10.0 Å². The predicted molar refractivity (Wildman–Crippen MR) is 57.2 cm³/mol. The second-order valence-corrected chi connectivity index (χ2v) is 5.71. The zero-order chi connectivity index (χ0) is 10.9. The van der Waals surface area contributed by atoms with Gasteiger partial charge in [-0.1, -0.05) is 11.6 Å². The number of hydrogen-bond donors (Lipinski definition) is 1. The van der Waals surface area contributed by atoms with E-state index in [4.69, 9.17) is 11.6 Å². The van der Waals surface area contributed by atoms with Gasteiger partial charge in [0.15, 0.2) is 0 Å². The topological polar surface area (TPSA) is 72.0 Å². The summed E-state index contributed by atoms with van der Waals surface area (Å²) in [5.41, 5.74) is 0. The van der Waals surface area contributed by atoms with Crippen LogP contribution in [0.2, 0.25) is 5.15 Å². The van der Waals surface area contributed by atoms with Gasteiger partial charge in [-0.2, -0.15) is 0 Å². The molecule has 0 amide bonds. The Labute approximate surface area is 92.9 Å². The van der Waals surface area contributed by atoms with Crippen molar-refractivity contribution in [3.63, 3.8) is 0 Å². The molecule has 82 valence electrons. The van der Waals surface area contributed by atoms with E-state index in [9.17, 15) is 8.42 Å². The summed E-state index contributed by atoms with van der Waals surface area (Å²) in [6.45, 7) is 0. The zero-order valence-corrected chi connectivity index (χ0v) is 9.42. The lowest BCUT2D eigenvalue weighted by atomic mass is 10.5. The predicted octanol–water partition coefficient (Wildman–Crippen LogP) is 1.28. The SMILES string of the molecule is O=S(=O)(CC1CC1)Nc1cc(Cl)ncn1. The fourth-order valence-corrected chi connectivity index (χ4v) is 2.80. The number of hydrogen-bond acceptors (Lipinski definition) is 4. The normalized spacial score (nSPS) is 16.3. The van der Waals surface area contributed by atoms with Gasteiger partial charge in [-0.3, -0.25) is 4.72 Å². The molecule has 1 saturated carbocycles. The Morgan fingerprint density at radius 2 is 2.20 bits per heavy atom. The Kier molecular flexibility index (Phi) is 2.79. The van der Waals surface area contributed by atoms with Crippen LogP contribution in [-0.4, -0.2) is 24.1 Å². The molecule has 1 heterocycles. The maximum atomic E-state index is 11.5. The number of aromatic nitrogens is 2. The summed E-state index contributed by atoms with van der Waals surface area (Å²) in [7, 11) is -3.29. The van der Waals surface area contributed by atoms with Crippen LogP contribution in [0.15, 0.2) is 12.4 Å². The van der Waals surface area contributed by atoms with Crippen LogP contribution in [0.5, 0.6) is 0 Å². The third-order valence-corrected chi connectivity index (χ3v) is 3.68. The monoisotopic (exact) mass is 247 g/mol. The van der Waals surface area contributed by atoms with Gasteiger partial charge in [0, 0.05) is 6.07 Å². The summed E-state index contributed by atoms with van der Waals surface area (Å²) in [6, 6.07) is 1.38. The Bertz CT molecular complexity index is 459. The summed E-state index contributed by atoms with van der Waals surface area (Å²) < 4.78 is 25.5. The molecule has 1 aliphatic carbocycles. The number of nitrogens with one attached hydrogen (secondary N) is 1. The van der Waals surface area contributed by atoms with Gasteiger partial charge < -0.3 is 0 Å². The van der Waals surface area contributed by atoms with Gasteiger partial charge in [0.05, 0.1) is 5.75 Å². The summed E-state index contributed by atoms with van der Waals surface area (Å²) in [5, 5.41) is 0.217. The molecule has 2 rings (SSSR count). The lowest BCUT2D eigenvalue weighted by molar-refractivity contribution is 0.597. The van der Waals surface area contributed by atoms with Gasteiger partial charge in [-0.05, 0) is 18.8 Å². The Morgan fingerprint density at radius 1 is 1.47 bits per heavy atom. The Hall–Kier alpha value is -0.880. The van der Waals surface area contributed by atoms with E-state index >= 15 is 0 Å². The average molecular weight is 248 g/mol. The van der Waals surface area contributed by atoms with E-state index in [1.165, 1.54) is 12.4 Å². The van der Waals surface area contributed by atoms with Gasteiger partial charge in [0.25, 0.3) is 0 Å². The molecule has 0 radical (unpaired) electrons. The maximum Gasteiger partial charge on any atom is 0.234 e. The molecule has 1 aromatic rings. The highest BCUT2D eigenvalue weighted by Gasteiger charge is 2.28. The molecular formula is C8H10ClN3O2S. The largest absolute Gasteiger partial charge is 0.267 e. The first-order valence-corrected chi connectivity index (χ1v) is 6.56. The number of halogens is 1. The quantitative estimate of drug-likeness (QED) is 0.814. The summed E-state index contributed by atoms with van der Waals surface area (Å²) >= 11 is 5.61. The van der Waals surface area contributed by atoms with E-state index in [2.05, 4.69) is 14.7 Å². The van der Waals surface area contributed by atoms with Crippen molar-refractivity contribution in [2.75, 3.05) is 10.5 Å². The van der Waals surface area contributed by atoms with Crippen LogP contribution in [0.1, 0.15) is 12.8 Å². The first kappa shape index (κ1) is 10.6. The summed E-state index contributed by atoms with van der Waals surface area (Å²) in [6.07, 6.45) is 3.20. The molecule has 1 N–H and O–H groups in total. The molecule has 0 aromatic carbocycles. The van der Waals surface area contributed by atoms with Crippen LogP contribution in [0, 0.1) is 5.92 Å². The van der Waals surface area contributed by atoms with Crippen LogP contribution in [-0.2, 0) is 10.0 Å². The minimum atomic E-state index is -3.29. The Balaban J connectivity index is 2.06. The molecule has 0 atom stereocenters. The van der Waals surface area contributed by atoms with E-state index in [0.717, 1.165) is 12.8 Å². The van der Waals surface area contributed by atoms with Crippen molar-refractivity contribution >= 4 is 27.4 Å². The minimum Gasteiger partial charge on any atom is -0.267 e. The second-order valence-electron chi connectivity index (χ2n) is 3.55. The van der Waals surface area contributed by atoms with Crippen LogP contribution in [0.3, 0.4) is 0 Å². The van der Waals surface area contributed by atoms with E-state index in [0.29, 0.717) is 5.92 Å². The molecule has 1 aromatic heterocycles. The van der Waals surface area contributed by atoms with Gasteiger partial charge in [-0.25, -0.2) is 18.4 Å². The van der Waals surface area contributed by atoms with E-state index in [-0.39, 0.29) is 16.7 Å². The van der Waals surface area contributed by atoms with Gasteiger partial charge in [0.1, 0.15) is 17.3 Å². The molecule has 7 heteroatoms. The highest BCUT2D eigenvalue weighted by molar-refractivity contribution is 7.92. The first-order chi connectivity index (χ1) is 7.05. The average Bonchev–Trinajstić information content (AvgIpc) is 2.86. The lowest BCUT2D eigenvalue weighted by Crippen LogP contribution is -2.18. The van der Waals surface area contributed by atoms with Gasteiger partial charge >= 0.3 is 0 Å². The number of rotatable bonds is 4. The van der Waals surface area contributed by atoms with Crippen molar-refractivity contribution in [1.82, 2.24) is 9.97 Å². The molecule has 0 saturated heterocycles. The van der Waals surface area contributed by atoms with Crippen LogP contribution < -0.4 is 4.72 Å². The van der Waals surface area contributed by atoms with E-state index < -0.39 is 10.0 Å². The number of sulfonamides is 1. The van der Waals surface area contributed by atoms with Crippen molar-refractivity contribution < 1.29 is 8.42 Å². The molecule has 0 spiro atoms. The first-order valence-electron chi connectivity index (χ1n) is 4.53. The highest BCUT2D eigenvalue weighted by Crippen LogP contribution is 2.30. The summed E-state index contributed by atoms with van der Waals surface area (Å²) in [5.74, 6) is 0.685. The highest BCUT2D eigenvalue weighted by atomic mass is 35.5. The van der Waals surface area contributed by atoms with Crippen molar-refractivity contribution in [2.24, 2.45) is 5.92 Å². The standard InChI is InChI=1S/C8H10ClN3O2S/c9-7-3-8(11-5-10-7)12-15(13,14)4-6-1-2-6/h3,5-6H,1-2,4H2,(H,10,11,12). The molecular weight excluding hydrogens is 238 g/mol. The van der Waals surface area contributed by atoms with Crippen LogP contribution >= 0.6 is 11.6 Å². The fraction of sp³-hybridized carbons (Fsp3) is 0.500. The molecule has 1 aliphatic rings. The van der Waals surface area contributed by atoms with Gasteiger partial charge in [-0.15, -0.1) is 0 Å². The van der Waals surface area contributed by atoms with Crippen LogP contribution in [0.4, 0.5) is 5.82 Å². The maximum absolute atomic E-state index is 11.5. The third kappa shape index (κ3) is 3.32. The second kappa shape index (κ2) is 3.94.